The highest BCUT2D eigenvalue weighted by molar-refractivity contribution is 9.11. The van der Waals surface area contributed by atoms with E-state index >= 15 is 0 Å². The van der Waals surface area contributed by atoms with Gasteiger partial charge in [-0.05, 0) is 45.8 Å². The van der Waals surface area contributed by atoms with Crippen molar-refractivity contribution in [3.63, 3.8) is 0 Å². The van der Waals surface area contributed by atoms with E-state index in [-0.39, 0.29) is 5.38 Å². The summed E-state index contributed by atoms with van der Waals surface area (Å²) in [5.74, 6) is 0. The van der Waals surface area contributed by atoms with E-state index in [1.54, 1.807) is 11.3 Å². The molecule has 0 saturated heterocycles. The van der Waals surface area contributed by atoms with E-state index in [9.17, 15) is 0 Å². The molecule has 1 aromatic heterocycles. The van der Waals surface area contributed by atoms with Gasteiger partial charge in [0, 0.05) is 9.35 Å². The highest BCUT2D eigenvalue weighted by Crippen LogP contribution is 2.36. The number of benzene rings is 1. The van der Waals surface area contributed by atoms with Crippen molar-refractivity contribution >= 4 is 54.8 Å². The summed E-state index contributed by atoms with van der Waals surface area (Å²) in [4.78, 5) is 1.15. The van der Waals surface area contributed by atoms with Gasteiger partial charge in [0.25, 0.3) is 0 Å². The van der Waals surface area contributed by atoms with Crippen LogP contribution in [0.15, 0.2) is 44.7 Å². The Kier molecular flexibility index (Phi) is 3.88. The van der Waals surface area contributed by atoms with E-state index in [0.717, 1.165) is 18.7 Å². The van der Waals surface area contributed by atoms with Gasteiger partial charge in [0.2, 0.25) is 0 Å². The summed E-state index contributed by atoms with van der Waals surface area (Å²) in [6, 6.07) is 12.1. The molecule has 0 radical (unpaired) electrons. The predicted molar refractivity (Wildman–Crippen MR) is 73.9 cm³/mol. The van der Waals surface area contributed by atoms with Gasteiger partial charge in [0.1, 0.15) is 0 Å². The van der Waals surface area contributed by atoms with Crippen molar-refractivity contribution in [1.29, 1.82) is 0 Å². The first-order chi connectivity index (χ1) is 7.16. The van der Waals surface area contributed by atoms with Crippen LogP contribution in [0.3, 0.4) is 0 Å². The summed E-state index contributed by atoms with van der Waals surface area (Å²) in [6.07, 6.45) is 0. The maximum Gasteiger partial charge on any atom is 0.0928 e. The number of rotatable bonds is 2. The minimum atomic E-state index is -0.0706. The van der Waals surface area contributed by atoms with Crippen molar-refractivity contribution in [2.24, 2.45) is 0 Å². The third kappa shape index (κ3) is 2.84. The van der Waals surface area contributed by atoms with Gasteiger partial charge < -0.3 is 0 Å². The molecule has 0 aliphatic carbocycles. The lowest BCUT2D eigenvalue weighted by atomic mass is 10.1. The van der Waals surface area contributed by atoms with Crippen molar-refractivity contribution < 1.29 is 0 Å². The molecule has 0 nitrogen and oxygen atoms in total. The van der Waals surface area contributed by atoms with Gasteiger partial charge in [-0.25, -0.2) is 0 Å². The maximum atomic E-state index is 6.39. The predicted octanol–water partition coefficient (Wildman–Crippen LogP) is 5.60. The maximum absolute atomic E-state index is 6.39. The lowest BCUT2D eigenvalue weighted by Gasteiger charge is -2.07. The standard InChI is InChI=1S/C11H7Br2ClS/c12-8-3-1-2-7(6-8)11(14)9-4-5-10(13)15-9/h1-6,11H. The molecule has 1 heterocycles. The molecule has 2 aromatic rings. The molecule has 78 valence electrons. The average Bonchev–Trinajstić information content (AvgIpc) is 2.64. The van der Waals surface area contributed by atoms with Crippen LogP contribution in [0.25, 0.3) is 0 Å². The van der Waals surface area contributed by atoms with Crippen LogP contribution in [0.2, 0.25) is 0 Å². The highest BCUT2D eigenvalue weighted by Gasteiger charge is 2.12. The fraction of sp³-hybridized carbons (Fsp3) is 0.0909. The summed E-state index contributed by atoms with van der Waals surface area (Å²) in [6.45, 7) is 0. The van der Waals surface area contributed by atoms with E-state index in [1.807, 2.05) is 36.4 Å². The molecule has 0 fully saturated rings. The zero-order chi connectivity index (χ0) is 10.8. The Bertz CT molecular complexity index is 467. The second kappa shape index (κ2) is 5.00. The molecule has 0 amide bonds. The van der Waals surface area contributed by atoms with Crippen molar-refractivity contribution in [3.8, 4) is 0 Å². The third-order valence-corrected chi connectivity index (χ3v) is 4.78. The van der Waals surface area contributed by atoms with Crippen LogP contribution in [-0.2, 0) is 0 Å². The number of halogens is 3. The molecule has 2 rings (SSSR count). The average molecular weight is 367 g/mol. The topological polar surface area (TPSA) is 0 Å². The monoisotopic (exact) mass is 364 g/mol. The Morgan fingerprint density at radius 1 is 1.13 bits per heavy atom. The lowest BCUT2D eigenvalue weighted by Crippen LogP contribution is -1.89. The van der Waals surface area contributed by atoms with E-state index < -0.39 is 0 Å². The van der Waals surface area contributed by atoms with E-state index in [2.05, 4.69) is 31.9 Å². The Hall–Kier alpha value is 0.170. The largest absolute Gasteiger partial charge is 0.131 e. The fourth-order valence-electron chi connectivity index (χ4n) is 1.29. The van der Waals surface area contributed by atoms with Crippen LogP contribution in [-0.4, -0.2) is 0 Å². The van der Waals surface area contributed by atoms with E-state index in [0.29, 0.717) is 0 Å². The fourth-order valence-corrected chi connectivity index (χ4v) is 3.48. The summed E-state index contributed by atoms with van der Waals surface area (Å²) in [5, 5.41) is -0.0706. The molecule has 0 aliphatic heterocycles. The Labute approximate surface area is 115 Å². The SMILES string of the molecule is ClC(c1cccc(Br)c1)c1ccc(Br)s1. The third-order valence-electron chi connectivity index (χ3n) is 1.99. The zero-order valence-electron chi connectivity index (χ0n) is 7.58. The lowest BCUT2D eigenvalue weighted by molar-refractivity contribution is 1.18. The number of alkyl halides is 1. The molecule has 1 aromatic carbocycles. The normalized spacial score (nSPS) is 12.7. The molecule has 0 saturated carbocycles. The van der Waals surface area contributed by atoms with Crippen molar-refractivity contribution in [1.82, 2.24) is 0 Å². The van der Waals surface area contributed by atoms with Crippen molar-refractivity contribution in [3.05, 3.63) is 55.1 Å². The van der Waals surface area contributed by atoms with Crippen LogP contribution in [0.5, 0.6) is 0 Å². The molecular weight excluding hydrogens is 359 g/mol. The van der Waals surface area contributed by atoms with Gasteiger partial charge in [0.15, 0.2) is 0 Å². The van der Waals surface area contributed by atoms with Crippen LogP contribution in [0.4, 0.5) is 0 Å². The number of hydrogen-bond acceptors (Lipinski definition) is 1. The van der Waals surface area contributed by atoms with Crippen molar-refractivity contribution in [2.45, 2.75) is 5.38 Å². The molecule has 0 N–H and O–H groups in total. The van der Waals surface area contributed by atoms with Crippen LogP contribution in [0.1, 0.15) is 15.8 Å². The molecule has 0 aliphatic rings. The first kappa shape index (κ1) is 11.6. The Morgan fingerprint density at radius 3 is 2.53 bits per heavy atom. The van der Waals surface area contributed by atoms with Gasteiger partial charge in [-0.3, -0.25) is 0 Å². The van der Waals surface area contributed by atoms with Gasteiger partial charge in [-0.2, -0.15) is 0 Å². The minimum absolute atomic E-state index is 0.0706. The molecule has 1 unspecified atom stereocenters. The molecule has 15 heavy (non-hydrogen) atoms. The van der Waals surface area contributed by atoms with Crippen LogP contribution in [0, 0.1) is 0 Å². The van der Waals surface area contributed by atoms with E-state index in [4.69, 9.17) is 11.6 Å². The van der Waals surface area contributed by atoms with Crippen LogP contribution >= 0.6 is 54.8 Å². The second-order valence-corrected chi connectivity index (χ2v) is 6.91. The highest BCUT2D eigenvalue weighted by atomic mass is 79.9. The second-order valence-electron chi connectivity index (χ2n) is 3.06. The summed E-state index contributed by atoms with van der Waals surface area (Å²) in [7, 11) is 0. The van der Waals surface area contributed by atoms with Gasteiger partial charge in [0.05, 0.1) is 9.16 Å². The Balaban J connectivity index is 2.32. The van der Waals surface area contributed by atoms with Gasteiger partial charge in [-0.1, -0.05) is 28.1 Å². The van der Waals surface area contributed by atoms with Crippen molar-refractivity contribution in [2.75, 3.05) is 0 Å². The first-order valence-electron chi connectivity index (χ1n) is 4.31. The summed E-state index contributed by atoms with van der Waals surface area (Å²) in [5.41, 5.74) is 1.11. The molecule has 1 atom stereocenters. The summed E-state index contributed by atoms with van der Waals surface area (Å²) >= 11 is 14.9. The number of thiophene rings is 1. The molecule has 4 heteroatoms. The first-order valence-corrected chi connectivity index (χ1v) is 7.15. The smallest absolute Gasteiger partial charge is 0.0928 e. The number of hydrogen-bond donors (Lipinski definition) is 0. The minimum Gasteiger partial charge on any atom is -0.131 e. The van der Waals surface area contributed by atoms with Gasteiger partial charge >= 0.3 is 0 Å². The van der Waals surface area contributed by atoms with Gasteiger partial charge in [-0.15, -0.1) is 22.9 Å². The molecular formula is C11H7Br2ClS. The quantitative estimate of drug-likeness (QED) is 0.607. The molecule has 0 bridgehead atoms. The zero-order valence-corrected chi connectivity index (χ0v) is 12.3. The van der Waals surface area contributed by atoms with Crippen LogP contribution < -0.4 is 0 Å². The summed E-state index contributed by atoms with van der Waals surface area (Å²) < 4.78 is 2.17. The Morgan fingerprint density at radius 2 is 1.93 bits per heavy atom. The van der Waals surface area contributed by atoms with E-state index in [1.165, 1.54) is 0 Å². The molecule has 0 spiro atoms.